The zero-order valence-corrected chi connectivity index (χ0v) is 14.8. The van der Waals surface area contributed by atoms with Crippen LogP contribution in [0.2, 0.25) is 0 Å². The van der Waals surface area contributed by atoms with E-state index in [9.17, 15) is 4.79 Å². The molecule has 0 bridgehead atoms. The molecule has 25 heavy (non-hydrogen) atoms. The van der Waals surface area contributed by atoms with Gasteiger partial charge in [0, 0.05) is 35.9 Å². The average Bonchev–Trinajstić information content (AvgIpc) is 3.21. The van der Waals surface area contributed by atoms with E-state index in [1.54, 1.807) is 0 Å². The molecule has 1 aromatic carbocycles. The Hall–Kier alpha value is -2.07. The summed E-state index contributed by atoms with van der Waals surface area (Å²) in [7, 11) is 1.49. The SMILES string of the molecule is CC[C@@]12C=CCN3CCC4(C(=C(C(=O)OC)C1)Nc1ccccc14)[C@H]32. The topological polar surface area (TPSA) is 41.6 Å². The minimum Gasteiger partial charge on any atom is -0.466 e. The van der Waals surface area contributed by atoms with E-state index in [1.807, 2.05) is 0 Å². The first-order chi connectivity index (χ1) is 12.2. The Bertz CT molecular complexity index is 827. The lowest BCUT2D eigenvalue weighted by Crippen LogP contribution is -2.58. The van der Waals surface area contributed by atoms with Crippen LogP contribution in [0.1, 0.15) is 31.7 Å². The minimum absolute atomic E-state index is 0.000898. The Morgan fingerprint density at radius 1 is 1.40 bits per heavy atom. The number of nitrogens with one attached hydrogen (secondary N) is 1. The van der Waals surface area contributed by atoms with Gasteiger partial charge in [0.2, 0.25) is 0 Å². The van der Waals surface area contributed by atoms with E-state index in [4.69, 9.17) is 4.74 Å². The van der Waals surface area contributed by atoms with Crippen LogP contribution in [0.3, 0.4) is 0 Å². The van der Waals surface area contributed by atoms with Crippen molar-refractivity contribution in [2.75, 3.05) is 25.5 Å². The van der Waals surface area contributed by atoms with E-state index in [1.165, 1.54) is 12.7 Å². The van der Waals surface area contributed by atoms with Crippen molar-refractivity contribution < 1.29 is 9.53 Å². The van der Waals surface area contributed by atoms with Gasteiger partial charge in [-0.1, -0.05) is 37.3 Å². The van der Waals surface area contributed by atoms with Gasteiger partial charge in [0.15, 0.2) is 0 Å². The number of hydrogen-bond donors (Lipinski definition) is 1. The molecule has 1 N–H and O–H groups in total. The highest BCUT2D eigenvalue weighted by atomic mass is 16.5. The predicted octanol–water partition coefficient (Wildman–Crippen LogP) is 3.22. The highest BCUT2D eigenvalue weighted by Crippen LogP contribution is 2.64. The van der Waals surface area contributed by atoms with Crippen LogP contribution < -0.4 is 5.32 Å². The number of fused-ring (bicyclic) bond motifs is 1. The zero-order valence-electron chi connectivity index (χ0n) is 14.8. The standard InChI is InChI=1S/C21H24N2O2/c1-3-20-9-6-11-23-12-10-21(19(20)23)15-7-4-5-8-16(15)22-17(21)14(13-20)18(24)25-2/h4-9,19,22H,3,10-13H2,1-2H3/t19-,20-,21?/m1/s1. The van der Waals surface area contributed by atoms with Gasteiger partial charge in [0.1, 0.15) is 0 Å². The predicted molar refractivity (Wildman–Crippen MR) is 97.2 cm³/mol. The summed E-state index contributed by atoms with van der Waals surface area (Å²) in [5.74, 6) is -0.182. The van der Waals surface area contributed by atoms with Crippen molar-refractivity contribution in [1.82, 2.24) is 4.90 Å². The molecular weight excluding hydrogens is 312 g/mol. The normalized spacial score (nSPS) is 35.0. The van der Waals surface area contributed by atoms with Crippen LogP contribution in [0, 0.1) is 5.41 Å². The molecular formula is C21H24N2O2. The number of anilines is 1. The number of carbonyl (C=O) groups is 1. The number of methoxy groups -OCH3 is 1. The quantitative estimate of drug-likeness (QED) is 0.665. The van der Waals surface area contributed by atoms with Crippen molar-refractivity contribution in [2.24, 2.45) is 5.41 Å². The van der Waals surface area contributed by atoms with Gasteiger partial charge in [-0.05, 0) is 30.9 Å². The Balaban J connectivity index is 1.83. The molecule has 5 rings (SSSR count). The number of nitrogens with zero attached hydrogens (tertiary/aromatic N) is 1. The van der Waals surface area contributed by atoms with Crippen LogP contribution >= 0.6 is 0 Å². The third-order valence-electron chi connectivity index (χ3n) is 6.97. The molecule has 3 heterocycles. The molecule has 1 unspecified atom stereocenters. The summed E-state index contributed by atoms with van der Waals surface area (Å²) in [5, 5.41) is 3.62. The van der Waals surface area contributed by atoms with Gasteiger partial charge in [-0.2, -0.15) is 0 Å². The van der Waals surface area contributed by atoms with E-state index >= 15 is 0 Å². The largest absolute Gasteiger partial charge is 0.466 e. The van der Waals surface area contributed by atoms with Crippen LogP contribution in [-0.2, 0) is 14.9 Å². The van der Waals surface area contributed by atoms with Gasteiger partial charge >= 0.3 is 5.97 Å². The first-order valence-corrected chi connectivity index (χ1v) is 9.26. The maximum absolute atomic E-state index is 12.7. The van der Waals surface area contributed by atoms with E-state index < -0.39 is 0 Å². The second-order valence-electron chi connectivity index (χ2n) is 7.80. The van der Waals surface area contributed by atoms with Crippen molar-refractivity contribution >= 4 is 11.7 Å². The molecule has 0 aromatic heterocycles. The summed E-state index contributed by atoms with van der Waals surface area (Å²) < 4.78 is 5.19. The fraction of sp³-hybridized carbons (Fsp3) is 0.476. The fourth-order valence-electron chi connectivity index (χ4n) is 6.02. The van der Waals surface area contributed by atoms with Crippen molar-refractivity contribution in [3.8, 4) is 0 Å². The second-order valence-corrected chi connectivity index (χ2v) is 7.80. The summed E-state index contributed by atoms with van der Waals surface area (Å²) in [6.07, 6.45) is 7.53. The van der Waals surface area contributed by atoms with Gasteiger partial charge in [0.25, 0.3) is 0 Å². The number of carbonyl (C=O) groups excluding carboxylic acids is 1. The van der Waals surface area contributed by atoms with Crippen LogP contribution in [0.5, 0.6) is 0 Å². The number of ether oxygens (including phenoxy) is 1. The molecule has 0 radical (unpaired) electrons. The van der Waals surface area contributed by atoms with Crippen LogP contribution in [0.4, 0.5) is 5.69 Å². The van der Waals surface area contributed by atoms with Gasteiger partial charge in [0.05, 0.1) is 18.1 Å². The fourth-order valence-corrected chi connectivity index (χ4v) is 6.02. The van der Waals surface area contributed by atoms with Crippen LogP contribution in [-0.4, -0.2) is 37.1 Å². The summed E-state index contributed by atoms with van der Waals surface area (Å²) in [4.78, 5) is 15.3. The maximum Gasteiger partial charge on any atom is 0.335 e. The molecule has 0 amide bonds. The highest BCUT2D eigenvalue weighted by Gasteiger charge is 2.65. The smallest absolute Gasteiger partial charge is 0.335 e. The number of benzene rings is 1. The summed E-state index contributed by atoms with van der Waals surface area (Å²) in [6.45, 7) is 4.34. The van der Waals surface area contributed by atoms with E-state index in [0.29, 0.717) is 6.04 Å². The lowest BCUT2D eigenvalue weighted by molar-refractivity contribution is -0.137. The molecule has 1 fully saturated rings. The lowest BCUT2D eigenvalue weighted by Gasteiger charge is -2.53. The van der Waals surface area contributed by atoms with Crippen LogP contribution in [0.25, 0.3) is 0 Å². The molecule has 130 valence electrons. The van der Waals surface area contributed by atoms with Crippen LogP contribution in [0.15, 0.2) is 47.7 Å². The second kappa shape index (κ2) is 4.98. The van der Waals surface area contributed by atoms with Crippen molar-refractivity contribution in [3.05, 3.63) is 53.3 Å². The highest BCUT2D eigenvalue weighted by molar-refractivity contribution is 5.93. The number of para-hydroxylation sites is 1. The first-order valence-electron chi connectivity index (χ1n) is 9.26. The van der Waals surface area contributed by atoms with Gasteiger partial charge < -0.3 is 10.1 Å². The number of esters is 1. The Morgan fingerprint density at radius 2 is 2.24 bits per heavy atom. The molecule has 4 aliphatic rings. The van der Waals surface area contributed by atoms with Crippen molar-refractivity contribution in [3.63, 3.8) is 0 Å². The van der Waals surface area contributed by atoms with Gasteiger partial charge in [-0.15, -0.1) is 0 Å². The molecule has 1 saturated heterocycles. The van der Waals surface area contributed by atoms with E-state index in [0.717, 1.165) is 49.3 Å². The molecule has 3 aliphatic heterocycles. The Morgan fingerprint density at radius 3 is 3.04 bits per heavy atom. The Kier molecular flexibility index (Phi) is 3.03. The first kappa shape index (κ1) is 15.2. The van der Waals surface area contributed by atoms with Crippen molar-refractivity contribution in [2.45, 2.75) is 37.6 Å². The number of rotatable bonds is 2. The molecule has 0 saturated carbocycles. The number of hydrogen-bond acceptors (Lipinski definition) is 4. The molecule has 1 aliphatic carbocycles. The third-order valence-corrected chi connectivity index (χ3v) is 6.97. The molecule has 1 spiro atoms. The van der Waals surface area contributed by atoms with Gasteiger partial charge in [-0.3, -0.25) is 4.90 Å². The Labute approximate surface area is 148 Å². The summed E-state index contributed by atoms with van der Waals surface area (Å²) >= 11 is 0. The molecule has 4 nitrogen and oxygen atoms in total. The minimum atomic E-state index is -0.182. The molecule has 3 atom stereocenters. The molecule has 1 aromatic rings. The summed E-state index contributed by atoms with van der Waals surface area (Å²) in [6, 6.07) is 8.99. The maximum atomic E-state index is 12.7. The average molecular weight is 336 g/mol. The third kappa shape index (κ3) is 1.68. The zero-order chi connectivity index (χ0) is 17.2. The van der Waals surface area contributed by atoms with Gasteiger partial charge in [-0.25, -0.2) is 4.79 Å². The van der Waals surface area contributed by atoms with Crippen molar-refractivity contribution in [1.29, 1.82) is 0 Å². The van der Waals surface area contributed by atoms with E-state index in [-0.39, 0.29) is 16.8 Å². The lowest BCUT2D eigenvalue weighted by atomic mass is 9.55. The molecule has 4 heteroatoms. The summed E-state index contributed by atoms with van der Waals surface area (Å²) in [5.41, 5.74) is 4.34. The van der Waals surface area contributed by atoms with E-state index in [2.05, 4.69) is 53.6 Å². The monoisotopic (exact) mass is 336 g/mol.